The Bertz CT molecular complexity index is 1320. The molecular formula is C54H86BaO10. The molecule has 0 aromatic heterocycles. The first-order chi connectivity index (χ1) is 31.0. The standard InChI is InChI=1S/2C27H44O5.Ba/c2*1-3-4-5-8-14-19-25(32-23(2)28)20-15-9-6-7-10-16-21-26(27(29)30)31-22-24-17-12-11-13-18-24;/h2*11-13,17-18,25-26H,3-10,14-16,19-22H2,1-2H3,(H,29,30);/q;;+2/p-2. The molecule has 4 unspecified atom stereocenters. The van der Waals surface area contributed by atoms with E-state index in [-0.39, 0.29) is 73.0 Å². The molecule has 2 aromatic rings. The van der Waals surface area contributed by atoms with Crippen molar-refractivity contribution >= 4 is 72.8 Å². The summed E-state index contributed by atoms with van der Waals surface area (Å²) in [6.07, 6.45) is 27.8. The van der Waals surface area contributed by atoms with Crippen LogP contribution in [0.3, 0.4) is 0 Å². The first-order valence-corrected chi connectivity index (χ1v) is 25.1. The molecule has 2 aromatic carbocycles. The number of hydrogen-bond donors (Lipinski definition) is 0. The van der Waals surface area contributed by atoms with Gasteiger partial charge in [0, 0.05) is 13.8 Å². The van der Waals surface area contributed by atoms with E-state index >= 15 is 0 Å². The summed E-state index contributed by atoms with van der Waals surface area (Å²) in [5.74, 6) is -2.62. The summed E-state index contributed by atoms with van der Waals surface area (Å²) in [6, 6.07) is 19.2. The van der Waals surface area contributed by atoms with Crippen molar-refractivity contribution in [2.45, 2.75) is 245 Å². The second-order valence-electron chi connectivity index (χ2n) is 17.5. The maximum absolute atomic E-state index is 11.3. The van der Waals surface area contributed by atoms with E-state index in [9.17, 15) is 29.4 Å². The Morgan fingerprint density at radius 2 is 0.677 bits per heavy atom. The number of hydrogen-bond acceptors (Lipinski definition) is 10. The van der Waals surface area contributed by atoms with E-state index in [2.05, 4.69) is 13.8 Å². The summed E-state index contributed by atoms with van der Waals surface area (Å²) in [6.45, 7) is 8.00. The molecule has 0 spiro atoms. The monoisotopic (exact) mass is 1030 g/mol. The van der Waals surface area contributed by atoms with Crippen LogP contribution in [0.1, 0.15) is 219 Å². The predicted molar refractivity (Wildman–Crippen MR) is 258 cm³/mol. The van der Waals surface area contributed by atoms with Gasteiger partial charge >= 0.3 is 60.8 Å². The number of carboxylic acid groups (broad SMARTS) is 2. The van der Waals surface area contributed by atoms with Gasteiger partial charge in [0.15, 0.2) is 0 Å². The minimum Gasteiger partial charge on any atom is -0.547 e. The zero-order valence-electron chi connectivity index (χ0n) is 41.1. The molecule has 11 heteroatoms. The zero-order chi connectivity index (χ0) is 46.9. The molecule has 0 fully saturated rings. The van der Waals surface area contributed by atoms with Gasteiger partial charge in [0.1, 0.15) is 12.2 Å². The van der Waals surface area contributed by atoms with Crippen LogP contribution in [0.15, 0.2) is 60.7 Å². The smallest absolute Gasteiger partial charge is 0.547 e. The molecular weight excluding hydrogens is 946 g/mol. The Morgan fingerprint density at radius 1 is 0.415 bits per heavy atom. The third-order valence-electron chi connectivity index (χ3n) is 11.5. The van der Waals surface area contributed by atoms with E-state index in [1.54, 1.807) is 0 Å². The number of esters is 2. The molecule has 364 valence electrons. The predicted octanol–water partition coefficient (Wildman–Crippen LogP) is 11.1. The van der Waals surface area contributed by atoms with Crippen LogP contribution in [0.2, 0.25) is 0 Å². The number of benzene rings is 2. The van der Waals surface area contributed by atoms with E-state index in [0.717, 1.165) is 127 Å². The van der Waals surface area contributed by atoms with Gasteiger partial charge in [-0.25, -0.2) is 0 Å². The van der Waals surface area contributed by atoms with Gasteiger partial charge in [-0.3, -0.25) is 9.59 Å². The summed E-state index contributed by atoms with van der Waals surface area (Å²) in [4.78, 5) is 45.3. The van der Waals surface area contributed by atoms with E-state index in [1.165, 1.54) is 65.2 Å². The molecule has 0 heterocycles. The fraction of sp³-hybridized carbons (Fsp3) is 0.704. The number of carbonyl (C=O) groups is 4. The van der Waals surface area contributed by atoms with Crippen LogP contribution >= 0.6 is 0 Å². The number of unbranched alkanes of at least 4 members (excludes halogenated alkanes) is 18. The average Bonchev–Trinajstić information content (AvgIpc) is 3.27. The molecule has 0 bridgehead atoms. The van der Waals surface area contributed by atoms with E-state index in [0.29, 0.717) is 26.1 Å². The summed E-state index contributed by atoms with van der Waals surface area (Å²) in [5, 5.41) is 22.6. The Kier molecular flexibility index (Phi) is 42.8. The van der Waals surface area contributed by atoms with Gasteiger partial charge in [-0.15, -0.1) is 0 Å². The minimum absolute atomic E-state index is 0. The molecule has 65 heavy (non-hydrogen) atoms. The molecule has 0 radical (unpaired) electrons. The molecule has 0 saturated carbocycles. The average molecular weight is 1030 g/mol. The molecule has 0 aliphatic rings. The van der Waals surface area contributed by atoms with Crippen molar-refractivity contribution in [3.05, 3.63) is 71.8 Å². The van der Waals surface area contributed by atoms with Crippen molar-refractivity contribution in [3.63, 3.8) is 0 Å². The minimum atomic E-state index is -1.13. The van der Waals surface area contributed by atoms with Crippen LogP contribution in [-0.4, -0.2) is 97.2 Å². The van der Waals surface area contributed by atoms with Crippen LogP contribution in [0.25, 0.3) is 0 Å². The van der Waals surface area contributed by atoms with Crippen LogP contribution in [0.5, 0.6) is 0 Å². The molecule has 10 nitrogen and oxygen atoms in total. The quantitative estimate of drug-likeness (QED) is 0.0358. The van der Waals surface area contributed by atoms with Crippen molar-refractivity contribution in [3.8, 4) is 0 Å². The van der Waals surface area contributed by atoms with Gasteiger partial charge in [-0.2, -0.15) is 0 Å². The van der Waals surface area contributed by atoms with Crippen molar-refractivity contribution in [2.75, 3.05) is 0 Å². The number of rotatable bonds is 40. The maximum Gasteiger partial charge on any atom is 2.00 e. The zero-order valence-corrected chi connectivity index (χ0v) is 45.5. The maximum atomic E-state index is 11.3. The van der Waals surface area contributed by atoms with E-state index < -0.39 is 24.1 Å². The summed E-state index contributed by atoms with van der Waals surface area (Å²) >= 11 is 0. The van der Waals surface area contributed by atoms with Gasteiger partial charge < -0.3 is 38.7 Å². The summed E-state index contributed by atoms with van der Waals surface area (Å²) in [5.41, 5.74) is 1.93. The van der Waals surface area contributed by atoms with Crippen molar-refractivity contribution in [1.82, 2.24) is 0 Å². The van der Waals surface area contributed by atoms with Crippen LogP contribution in [-0.2, 0) is 51.3 Å². The Morgan fingerprint density at radius 3 is 0.938 bits per heavy atom. The molecule has 0 aliphatic carbocycles. The van der Waals surface area contributed by atoms with Crippen LogP contribution < -0.4 is 10.2 Å². The first-order valence-electron chi connectivity index (χ1n) is 25.1. The molecule has 0 amide bonds. The van der Waals surface area contributed by atoms with Gasteiger partial charge in [-0.1, -0.05) is 190 Å². The number of ether oxygens (including phenoxy) is 4. The molecule has 0 N–H and O–H groups in total. The fourth-order valence-electron chi connectivity index (χ4n) is 7.84. The van der Waals surface area contributed by atoms with Crippen molar-refractivity contribution in [1.29, 1.82) is 0 Å². The van der Waals surface area contributed by atoms with Crippen LogP contribution in [0.4, 0.5) is 0 Å². The third kappa shape index (κ3) is 38.5. The van der Waals surface area contributed by atoms with E-state index in [4.69, 9.17) is 18.9 Å². The number of carboxylic acids is 2. The topological polar surface area (TPSA) is 151 Å². The molecule has 0 saturated heterocycles. The van der Waals surface area contributed by atoms with Gasteiger partial charge in [0.25, 0.3) is 0 Å². The third-order valence-corrected chi connectivity index (χ3v) is 11.5. The number of aliphatic carboxylic acids is 2. The molecule has 4 atom stereocenters. The largest absolute Gasteiger partial charge is 2.00 e. The van der Waals surface area contributed by atoms with Crippen molar-refractivity contribution < 1.29 is 48.3 Å². The summed E-state index contributed by atoms with van der Waals surface area (Å²) < 4.78 is 22.1. The second kappa shape index (κ2) is 44.3. The first kappa shape index (κ1) is 62.8. The number of carbonyl (C=O) groups excluding carboxylic acids is 4. The Labute approximate surface area is 434 Å². The van der Waals surface area contributed by atoms with Crippen LogP contribution in [0, 0.1) is 0 Å². The Hall–Kier alpha value is -2.19. The SMILES string of the molecule is CCCCCCCC(CCCCCCCCC(OCc1ccccc1)C(=O)[O-])OC(C)=O.CCCCCCCC(CCCCCCCCC(OCc1ccccc1)C(=O)[O-])OC(C)=O.[Ba+2]. The van der Waals surface area contributed by atoms with Crippen molar-refractivity contribution in [2.24, 2.45) is 0 Å². The fourth-order valence-corrected chi connectivity index (χ4v) is 7.84. The second-order valence-corrected chi connectivity index (χ2v) is 17.5. The van der Waals surface area contributed by atoms with Gasteiger partial charge in [0.2, 0.25) is 0 Å². The summed E-state index contributed by atoms with van der Waals surface area (Å²) in [7, 11) is 0. The van der Waals surface area contributed by atoms with Gasteiger partial charge in [0.05, 0.1) is 37.4 Å². The Balaban J connectivity index is 0.00000124. The van der Waals surface area contributed by atoms with E-state index in [1.807, 2.05) is 60.7 Å². The normalized spacial score (nSPS) is 12.7. The molecule has 2 rings (SSSR count). The van der Waals surface area contributed by atoms with Gasteiger partial charge in [-0.05, 0) is 75.3 Å². The molecule has 0 aliphatic heterocycles.